The molecule has 0 aliphatic rings. The SMILES string of the molecule is COc1c(C)ccc2c1nc1ccccc1[n+]2C.COc1c(C)ccc2c1nc1ccccc1[n+]2C.O=S(=O)([O-])[O-]. The average Bonchev–Trinajstić information content (AvgIpc) is 2.93. The number of hydrogen-bond donors (Lipinski definition) is 0. The molecule has 0 atom stereocenters. The van der Waals surface area contributed by atoms with Gasteiger partial charge in [0.15, 0.2) is 22.5 Å². The van der Waals surface area contributed by atoms with Crippen LogP contribution < -0.4 is 18.6 Å². The summed E-state index contributed by atoms with van der Waals surface area (Å²) in [6.07, 6.45) is 0. The molecule has 6 aromatic rings. The largest absolute Gasteiger partial charge is 0.759 e. The first kappa shape index (κ1) is 29.5. The van der Waals surface area contributed by atoms with Crippen LogP contribution >= 0.6 is 0 Å². The van der Waals surface area contributed by atoms with Gasteiger partial charge in [-0.05, 0) is 49.2 Å². The third kappa shape index (κ3) is 6.32. The van der Waals surface area contributed by atoms with Crippen molar-refractivity contribution in [2.75, 3.05) is 14.2 Å². The van der Waals surface area contributed by atoms with Crippen molar-refractivity contribution in [3.05, 3.63) is 83.9 Å². The lowest BCUT2D eigenvalue weighted by atomic mass is 10.1. The Labute approximate surface area is 238 Å². The molecule has 0 amide bonds. The Morgan fingerprint density at radius 1 is 0.610 bits per heavy atom. The quantitative estimate of drug-likeness (QED) is 0.132. The van der Waals surface area contributed by atoms with E-state index in [2.05, 4.69) is 59.6 Å². The summed E-state index contributed by atoms with van der Waals surface area (Å²) in [5, 5.41) is 0. The van der Waals surface area contributed by atoms with Gasteiger partial charge in [0.1, 0.15) is 25.1 Å². The van der Waals surface area contributed by atoms with Gasteiger partial charge in [0.05, 0.1) is 14.2 Å². The minimum absolute atomic E-state index is 0.855. The van der Waals surface area contributed by atoms with Crippen LogP contribution in [0.3, 0.4) is 0 Å². The Hall–Kier alpha value is -4.45. The Morgan fingerprint density at radius 2 is 0.951 bits per heavy atom. The number of aryl methyl sites for hydroxylation is 4. The van der Waals surface area contributed by atoms with Gasteiger partial charge in [-0.1, -0.05) is 24.3 Å². The molecule has 11 heteroatoms. The maximum atomic E-state index is 8.52. The van der Waals surface area contributed by atoms with Crippen molar-refractivity contribution < 1.29 is 36.1 Å². The molecule has 0 saturated carbocycles. The molecule has 4 aromatic carbocycles. The molecule has 2 aromatic heterocycles. The Balaban J connectivity index is 0.000000163. The molecule has 2 heterocycles. The van der Waals surface area contributed by atoms with E-state index in [0.29, 0.717) is 0 Å². The third-order valence-corrected chi connectivity index (χ3v) is 6.70. The molecule has 0 fully saturated rings. The minimum atomic E-state index is -5.17. The van der Waals surface area contributed by atoms with Crippen LogP contribution in [0.1, 0.15) is 11.1 Å². The first-order valence-corrected chi connectivity index (χ1v) is 13.9. The Kier molecular flexibility index (Phi) is 8.62. The van der Waals surface area contributed by atoms with Gasteiger partial charge >= 0.3 is 0 Å². The van der Waals surface area contributed by atoms with Crippen molar-refractivity contribution >= 4 is 54.5 Å². The van der Waals surface area contributed by atoms with E-state index in [9.17, 15) is 0 Å². The summed E-state index contributed by atoms with van der Waals surface area (Å²) in [5.74, 6) is 1.71. The predicted octanol–water partition coefficient (Wildman–Crippen LogP) is 3.72. The van der Waals surface area contributed by atoms with Gasteiger partial charge in [0.25, 0.3) is 0 Å². The van der Waals surface area contributed by atoms with Crippen LogP contribution in [0.15, 0.2) is 72.8 Å². The monoisotopic (exact) mass is 574 g/mol. The lowest BCUT2D eigenvalue weighted by Gasteiger charge is -2.07. The van der Waals surface area contributed by atoms with E-state index in [4.69, 9.17) is 37.0 Å². The van der Waals surface area contributed by atoms with Gasteiger partial charge in [-0.3, -0.25) is 8.42 Å². The average molecular weight is 575 g/mol. The summed E-state index contributed by atoms with van der Waals surface area (Å²) in [6.45, 7) is 4.07. The maximum Gasteiger partial charge on any atom is 0.235 e. The first-order valence-electron chi connectivity index (χ1n) is 12.6. The van der Waals surface area contributed by atoms with Crippen molar-refractivity contribution in [3.8, 4) is 11.5 Å². The van der Waals surface area contributed by atoms with Crippen LogP contribution in [-0.4, -0.2) is 41.7 Å². The van der Waals surface area contributed by atoms with Gasteiger partial charge in [-0.25, -0.2) is 9.97 Å². The van der Waals surface area contributed by atoms with Crippen LogP contribution in [0.2, 0.25) is 0 Å². The topological polar surface area (TPSA) is 132 Å². The highest BCUT2D eigenvalue weighted by Crippen LogP contribution is 2.28. The van der Waals surface area contributed by atoms with E-state index in [0.717, 1.165) is 66.8 Å². The fourth-order valence-electron chi connectivity index (χ4n) is 4.78. The fourth-order valence-corrected chi connectivity index (χ4v) is 4.78. The number of hydrogen-bond acceptors (Lipinski definition) is 8. The van der Waals surface area contributed by atoms with Gasteiger partial charge in [0, 0.05) is 34.7 Å². The maximum absolute atomic E-state index is 8.52. The molecule has 0 saturated heterocycles. The second-order valence-electron chi connectivity index (χ2n) is 9.29. The second kappa shape index (κ2) is 12.0. The molecule has 10 nitrogen and oxygen atoms in total. The van der Waals surface area contributed by atoms with Crippen LogP contribution in [0.4, 0.5) is 0 Å². The minimum Gasteiger partial charge on any atom is -0.759 e. The highest BCUT2D eigenvalue weighted by atomic mass is 32.3. The van der Waals surface area contributed by atoms with Crippen LogP contribution in [-0.2, 0) is 24.5 Å². The molecule has 0 bridgehead atoms. The third-order valence-electron chi connectivity index (χ3n) is 6.70. The number of benzene rings is 4. The van der Waals surface area contributed by atoms with Crippen molar-refractivity contribution in [2.45, 2.75) is 13.8 Å². The number of methoxy groups -OCH3 is 2. The van der Waals surface area contributed by atoms with E-state index in [-0.39, 0.29) is 0 Å². The van der Waals surface area contributed by atoms with E-state index in [1.165, 1.54) is 0 Å². The first-order chi connectivity index (χ1) is 19.4. The fraction of sp³-hybridized carbons (Fsp3) is 0.200. The number of fused-ring (bicyclic) bond motifs is 4. The summed E-state index contributed by atoms with van der Waals surface area (Å²) in [6, 6.07) is 24.6. The molecule has 0 unspecified atom stereocenters. The highest BCUT2D eigenvalue weighted by Gasteiger charge is 2.18. The molecule has 212 valence electrons. The summed E-state index contributed by atoms with van der Waals surface area (Å²) in [5.41, 5.74) is 10.4. The summed E-state index contributed by atoms with van der Waals surface area (Å²) < 4.78 is 49.4. The summed E-state index contributed by atoms with van der Waals surface area (Å²) in [4.78, 5) is 9.45. The van der Waals surface area contributed by atoms with Crippen LogP contribution in [0, 0.1) is 13.8 Å². The molecule has 0 aliphatic heterocycles. The summed E-state index contributed by atoms with van der Waals surface area (Å²) in [7, 11) is 2.33. The van der Waals surface area contributed by atoms with Crippen molar-refractivity contribution in [2.24, 2.45) is 14.1 Å². The van der Waals surface area contributed by atoms with E-state index in [1.54, 1.807) is 14.2 Å². The van der Waals surface area contributed by atoms with Crippen molar-refractivity contribution in [1.82, 2.24) is 9.97 Å². The summed E-state index contributed by atoms with van der Waals surface area (Å²) >= 11 is 0. The van der Waals surface area contributed by atoms with Gasteiger partial charge in [0.2, 0.25) is 22.1 Å². The molecule has 0 N–H and O–H groups in total. The predicted molar refractivity (Wildman–Crippen MR) is 154 cm³/mol. The van der Waals surface area contributed by atoms with Crippen molar-refractivity contribution in [3.63, 3.8) is 0 Å². The lowest BCUT2D eigenvalue weighted by Crippen LogP contribution is -2.30. The standard InChI is InChI=1S/2C15H15N2O.H2O4S/c2*1-10-8-9-13-14(15(10)18-3)16-11-6-4-5-7-12(11)17(13)2;1-5(2,3)4/h2*4-9H,1-3H3;(H2,1,2,3,4)/q2*+1;/p-2. The number of nitrogens with zero attached hydrogens (tertiary/aromatic N) is 4. The van der Waals surface area contributed by atoms with Crippen molar-refractivity contribution in [1.29, 1.82) is 0 Å². The van der Waals surface area contributed by atoms with Crippen LogP contribution in [0.25, 0.3) is 44.1 Å². The zero-order valence-electron chi connectivity index (χ0n) is 23.6. The Bertz CT molecular complexity index is 1870. The molecule has 0 spiro atoms. The number of aromatic nitrogens is 4. The lowest BCUT2D eigenvalue weighted by molar-refractivity contribution is -0.618. The molecular formula is C30H30N4O6S. The normalized spacial score (nSPS) is 11.1. The Morgan fingerprint density at radius 3 is 1.29 bits per heavy atom. The van der Waals surface area contributed by atoms with E-state index in [1.807, 2.05) is 50.2 Å². The van der Waals surface area contributed by atoms with Gasteiger partial charge in [-0.2, -0.15) is 9.13 Å². The number of rotatable bonds is 2. The van der Waals surface area contributed by atoms with E-state index < -0.39 is 10.4 Å². The molecule has 0 radical (unpaired) electrons. The molecule has 41 heavy (non-hydrogen) atoms. The molecular weight excluding hydrogens is 544 g/mol. The number of ether oxygens (including phenoxy) is 2. The van der Waals surface area contributed by atoms with Gasteiger partial charge < -0.3 is 18.6 Å². The smallest absolute Gasteiger partial charge is 0.235 e. The zero-order chi connectivity index (χ0) is 29.9. The van der Waals surface area contributed by atoms with Crippen LogP contribution in [0.5, 0.6) is 11.5 Å². The number of para-hydroxylation sites is 4. The molecule has 6 rings (SSSR count). The second-order valence-corrected chi connectivity index (χ2v) is 10.1. The van der Waals surface area contributed by atoms with Gasteiger partial charge in [-0.15, -0.1) is 0 Å². The zero-order valence-corrected chi connectivity index (χ0v) is 24.4. The van der Waals surface area contributed by atoms with E-state index >= 15 is 0 Å². The molecule has 0 aliphatic carbocycles. The highest BCUT2D eigenvalue weighted by molar-refractivity contribution is 7.79.